The van der Waals surface area contributed by atoms with E-state index in [1.54, 1.807) is 0 Å². The third-order valence-electron chi connectivity index (χ3n) is 4.46. The Hall–Kier alpha value is -0.250. The molecule has 1 aliphatic carbocycles. The van der Waals surface area contributed by atoms with E-state index in [0.717, 1.165) is 19.3 Å². The molecule has 1 heterocycles. The zero-order chi connectivity index (χ0) is 15.7. The fourth-order valence-electron chi connectivity index (χ4n) is 3.09. The maximum absolute atomic E-state index is 12.6. The molecule has 9 heteroatoms. The molecule has 0 aromatic rings. The van der Waals surface area contributed by atoms with E-state index >= 15 is 0 Å². The van der Waals surface area contributed by atoms with Crippen molar-refractivity contribution in [1.82, 2.24) is 4.72 Å². The van der Waals surface area contributed by atoms with Crippen LogP contribution in [0.4, 0.5) is 0 Å². The monoisotopic (exact) mass is 354 g/mol. The lowest BCUT2D eigenvalue weighted by atomic mass is 9.82. The Bertz CT molecular complexity index is 592. The Morgan fingerprint density at radius 1 is 1.14 bits per heavy atom. The molecule has 2 rings (SSSR count). The molecule has 0 radical (unpaired) electrons. The zero-order valence-electron chi connectivity index (χ0n) is 11.9. The molecule has 0 spiro atoms. The van der Waals surface area contributed by atoms with Crippen LogP contribution in [0.25, 0.3) is 0 Å². The number of hydrogen-bond acceptors (Lipinski definition) is 5. The highest BCUT2D eigenvalue weighted by molar-refractivity contribution is 7.92. The van der Waals surface area contributed by atoms with Crippen molar-refractivity contribution >= 4 is 37.1 Å². The molecule has 0 bridgehead atoms. The summed E-state index contributed by atoms with van der Waals surface area (Å²) < 4.78 is 50.7. The molecule has 0 aromatic heterocycles. The molecule has 1 saturated carbocycles. The Morgan fingerprint density at radius 3 is 2.14 bits per heavy atom. The first-order valence-electron chi connectivity index (χ1n) is 7.20. The van der Waals surface area contributed by atoms with Crippen molar-refractivity contribution in [2.45, 2.75) is 55.7 Å². The molecule has 122 valence electrons. The van der Waals surface area contributed by atoms with E-state index in [4.69, 9.17) is 18.0 Å². The molecule has 2 aliphatic rings. The van der Waals surface area contributed by atoms with Crippen molar-refractivity contribution in [1.29, 1.82) is 0 Å². The fraction of sp³-hybridized carbons (Fsp3) is 0.917. The molecular formula is C12H22N2O4S3. The first-order chi connectivity index (χ1) is 9.67. The van der Waals surface area contributed by atoms with Crippen LogP contribution in [-0.4, -0.2) is 44.1 Å². The van der Waals surface area contributed by atoms with Crippen LogP contribution in [0.1, 0.15) is 44.9 Å². The summed E-state index contributed by atoms with van der Waals surface area (Å²) in [5, 5.41) is -0.672. The molecule has 21 heavy (non-hydrogen) atoms. The maximum Gasteiger partial charge on any atom is 0.215 e. The molecule has 2 fully saturated rings. The van der Waals surface area contributed by atoms with Crippen LogP contribution in [0.3, 0.4) is 0 Å². The standard InChI is InChI=1S/C12H22N2O4S3/c13-11(19)12(6-2-1-3-7-12)14-21(17,18)10-4-8-20(15,16)9-5-10/h10,14H,1-9H2,(H2,13,19). The minimum absolute atomic E-state index is 0.0708. The highest BCUT2D eigenvalue weighted by Crippen LogP contribution is 2.31. The van der Waals surface area contributed by atoms with Gasteiger partial charge in [0.1, 0.15) is 9.84 Å². The Kier molecular flexibility index (Phi) is 4.97. The predicted molar refractivity (Wildman–Crippen MR) is 86.3 cm³/mol. The van der Waals surface area contributed by atoms with Gasteiger partial charge in [-0.1, -0.05) is 31.5 Å². The van der Waals surface area contributed by atoms with Crippen LogP contribution >= 0.6 is 12.2 Å². The van der Waals surface area contributed by atoms with Crippen molar-refractivity contribution in [3.8, 4) is 0 Å². The number of nitrogens with two attached hydrogens (primary N) is 1. The second-order valence-corrected chi connectivity index (χ2v) is 10.7. The summed E-state index contributed by atoms with van der Waals surface area (Å²) in [5.41, 5.74) is 4.96. The van der Waals surface area contributed by atoms with Crippen LogP contribution in [0, 0.1) is 0 Å². The van der Waals surface area contributed by atoms with E-state index in [9.17, 15) is 16.8 Å². The summed E-state index contributed by atoms with van der Waals surface area (Å²) in [6, 6.07) is 0. The van der Waals surface area contributed by atoms with Gasteiger partial charge in [-0.15, -0.1) is 0 Å². The van der Waals surface area contributed by atoms with Crippen LogP contribution in [0.2, 0.25) is 0 Å². The maximum atomic E-state index is 12.6. The average Bonchev–Trinajstić information content (AvgIpc) is 2.38. The normalized spacial score (nSPS) is 26.3. The number of nitrogens with one attached hydrogen (secondary N) is 1. The van der Waals surface area contributed by atoms with Gasteiger partial charge in [-0.2, -0.15) is 0 Å². The lowest BCUT2D eigenvalue weighted by Crippen LogP contribution is -2.59. The molecule has 1 aliphatic heterocycles. The van der Waals surface area contributed by atoms with Crippen molar-refractivity contribution in [3.63, 3.8) is 0 Å². The number of sulfone groups is 1. The van der Waals surface area contributed by atoms with Crippen LogP contribution in [0.5, 0.6) is 0 Å². The number of hydrogen-bond donors (Lipinski definition) is 2. The SMILES string of the molecule is NC(=S)C1(NS(=O)(=O)C2CCS(=O)(=O)CC2)CCCCC1. The summed E-state index contributed by atoms with van der Waals surface area (Å²) in [7, 11) is -6.70. The fourth-order valence-corrected chi connectivity index (χ4v) is 7.08. The number of sulfonamides is 1. The van der Waals surface area contributed by atoms with Crippen LogP contribution < -0.4 is 10.5 Å². The molecule has 0 aromatic carbocycles. The minimum atomic E-state index is -3.62. The van der Waals surface area contributed by atoms with Gasteiger partial charge in [0.25, 0.3) is 0 Å². The van der Waals surface area contributed by atoms with Gasteiger partial charge in [0.15, 0.2) is 0 Å². The van der Waals surface area contributed by atoms with E-state index < -0.39 is 30.6 Å². The summed E-state index contributed by atoms with van der Waals surface area (Å²) in [4.78, 5) is 0.189. The van der Waals surface area contributed by atoms with Crippen molar-refractivity contribution in [2.24, 2.45) is 5.73 Å². The third kappa shape index (κ3) is 3.94. The van der Waals surface area contributed by atoms with Gasteiger partial charge in [0.2, 0.25) is 10.0 Å². The molecule has 1 saturated heterocycles. The molecular weight excluding hydrogens is 332 g/mol. The second-order valence-electron chi connectivity index (χ2n) is 6.01. The largest absolute Gasteiger partial charge is 0.392 e. The molecule has 0 amide bonds. The lowest BCUT2D eigenvalue weighted by Gasteiger charge is -2.38. The quantitative estimate of drug-likeness (QED) is 0.711. The minimum Gasteiger partial charge on any atom is -0.392 e. The van der Waals surface area contributed by atoms with Gasteiger partial charge < -0.3 is 5.73 Å². The average molecular weight is 355 g/mol. The van der Waals surface area contributed by atoms with Gasteiger partial charge in [0.05, 0.1) is 27.3 Å². The Morgan fingerprint density at radius 2 is 1.67 bits per heavy atom. The highest BCUT2D eigenvalue weighted by Gasteiger charge is 2.42. The number of thiocarbonyl (C=S) groups is 1. The zero-order valence-corrected chi connectivity index (χ0v) is 14.3. The van der Waals surface area contributed by atoms with Gasteiger partial charge >= 0.3 is 0 Å². The topological polar surface area (TPSA) is 106 Å². The van der Waals surface area contributed by atoms with E-state index in [-0.39, 0.29) is 29.3 Å². The highest BCUT2D eigenvalue weighted by atomic mass is 32.2. The van der Waals surface area contributed by atoms with Gasteiger partial charge in [-0.05, 0) is 25.7 Å². The van der Waals surface area contributed by atoms with E-state index in [1.165, 1.54) is 0 Å². The second kappa shape index (κ2) is 6.10. The van der Waals surface area contributed by atoms with Gasteiger partial charge in [0, 0.05) is 0 Å². The Labute approximate surface area is 131 Å². The molecule has 3 N–H and O–H groups in total. The van der Waals surface area contributed by atoms with E-state index in [0.29, 0.717) is 12.8 Å². The smallest absolute Gasteiger partial charge is 0.215 e. The summed E-state index contributed by atoms with van der Waals surface area (Å²) in [6.45, 7) is 0. The van der Waals surface area contributed by atoms with Gasteiger partial charge in [-0.25, -0.2) is 21.6 Å². The summed E-state index contributed by atoms with van der Waals surface area (Å²) in [5.74, 6) is -0.142. The first-order valence-corrected chi connectivity index (χ1v) is 11.0. The van der Waals surface area contributed by atoms with Crippen molar-refractivity contribution in [3.05, 3.63) is 0 Å². The third-order valence-corrected chi connectivity index (χ3v) is 8.59. The van der Waals surface area contributed by atoms with E-state index in [2.05, 4.69) is 4.72 Å². The summed E-state index contributed by atoms with van der Waals surface area (Å²) in [6.07, 6.45) is 4.35. The first kappa shape index (κ1) is 17.1. The molecule has 0 atom stereocenters. The van der Waals surface area contributed by atoms with Crippen LogP contribution in [0.15, 0.2) is 0 Å². The van der Waals surface area contributed by atoms with Crippen molar-refractivity contribution < 1.29 is 16.8 Å². The van der Waals surface area contributed by atoms with Crippen molar-refractivity contribution in [2.75, 3.05) is 11.5 Å². The van der Waals surface area contributed by atoms with E-state index in [1.807, 2.05) is 0 Å². The summed E-state index contributed by atoms with van der Waals surface area (Å²) >= 11 is 5.09. The molecule has 0 unspecified atom stereocenters. The predicted octanol–water partition coefficient (Wildman–Crippen LogP) is 0.472. The molecule has 6 nitrogen and oxygen atoms in total. The lowest BCUT2D eigenvalue weighted by molar-refractivity contribution is 0.351. The Balaban J connectivity index is 2.14. The van der Waals surface area contributed by atoms with Crippen LogP contribution in [-0.2, 0) is 19.9 Å². The number of rotatable bonds is 4. The van der Waals surface area contributed by atoms with Gasteiger partial charge in [-0.3, -0.25) is 0 Å².